The van der Waals surface area contributed by atoms with Gasteiger partial charge in [0.25, 0.3) is 5.91 Å². The standard InChI is InChI=1S/C23H28F2N4O2/c1-3-15(2)26-22(30)18-14-17(8-10-21(18)29-11-5-4-6-12-29)27-23(31)28-20-9-7-16(24)13-19(20)25/h7-10,13-15H,3-6,11-12H2,1-2H3,(H,26,30)(H2,27,28,31). The zero-order chi connectivity index (χ0) is 22.4. The number of hydrogen-bond acceptors (Lipinski definition) is 3. The lowest BCUT2D eigenvalue weighted by Gasteiger charge is -2.31. The summed E-state index contributed by atoms with van der Waals surface area (Å²) in [5.41, 5.74) is 1.57. The highest BCUT2D eigenvalue weighted by Crippen LogP contribution is 2.27. The number of hydrogen-bond donors (Lipinski definition) is 3. The summed E-state index contributed by atoms with van der Waals surface area (Å²) < 4.78 is 26.8. The molecule has 3 N–H and O–H groups in total. The molecule has 1 aliphatic heterocycles. The number of anilines is 3. The van der Waals surface area contributed by atoms with Gasteiger partial charge in [0, 0.05) is 36.6 Å². The highest BCUT2D eigenvalue weighted by atomic mass is 19.1. The fourth-order valence-corrected chi connectivity index (χ4v) is 3.49. The molecule has 1 atom stereocenters. The highest BCUT2D eigenvalue weighted by molar-refractivity contribution is 6.04. The van der Waals surface area contributed by atoms with E-state index in [9.17, 15) is 18.4 Å². The van der Waals surface area contributed by atoms with Crippen LogP contribution < -0.4 is 20.9 Å². The summed E-state index contributed by atoms with van der Waals surface area (Å²) in [4.78, 5) is 27.4. The molecule has 0 spiro atoms. The van der Waals surface area contributed by atoms with Gasteiger partial charge in [-0.25, -0.2) is 13.6 Å². The van der Waals surface area contributed by atoms with Crippen LogP contribution in [0.25, 0.3) is 0 Å². The van der Waals surface area contributed by atoms with Crippen LogP contribution in [0.1, 0.15) is 49.9 Å². The summed E-state index contributed by atoms with van der Waals surface area (Å²) >= 11 is 0. The van der Waals surface area contributed by atoms with Crippen LogP contribution in [0.5, 0.6) is 0 Å². The molecule has 1 heterocycles. The van der Waals surface area contributed by atoms with Crippen molar-refractivity contribution in [2.24, 2.45) is 0 Å². The fraction of sp³-hybridized carbons (Fsp3) is 0.391. The largest absolute Gasteiger partial charge is 0.371 e. The number of benzene rings is 2. The number of piperidine rings is 1. The van der Waals surface area contributed by atoms with Gasteiger partial charge >= 0.3 is 6.03 Å². The van der Waals surface area contributed by atoms with Crippen molar-refractivity contribution in [2.75, 3.05) is 28.6 Å². The van der Waals surface area contributed by atoms with Crippen LogP contribution in [0.3, 0.4) is 0 Å². The molecular weight excluding hydrogens is 402 g/mol. The van der Waals surface area contributed by atoms with E-state index in [1.807, 2.05) is 19.9 Å². The predicted molar refractivity (Wildman–Crippen MR) is 119 cm³/mol. The maximum atomic E-state index is 13.8. The van der Waals surface area contributed by atoms with E-state index >= 15 is 0 Å². The maximum absolute atomic E-state index is 13.8. The van der Waals surface area contributed by atoms with E-state index in [0.29, 0.717) is 17.3 Å². The van der Waals surface area contributed by atoms with Crippen LogP contribution in [0, 0.1) is 11.6 Å². The minimum Gasteiger partial charge on any atom is -0.371 e. The molecule has 1 fully saturated rings. The number of rotatable bonds is 6. The molecule has 0 saturated carbocycles. The van der Waals surface area contributed by atoms with E-state index in [1.165, 1.54) is 6.42 Å². The Morgan fingerprint density at radius 3 is 2.45 bits per heavy atom. The van der Waals surface area contributed by atoms with Crippen LogP contribution in [-0.2, 0) is 0 Å². The third-order valence-corrected chi connectivity index (χ3v) is 5.36. The van der Waals surface area contributed by atoms with Crippen LogP contribution >= 0.6 is 0 Å². The lowest BCUT2D eigenvalue weighted by molar-refractivity contribution is 0.0939. The average Bonchev–Trinajstić information content (AvgIpc) is 2.76. The third-order valence-electron chi connectivity index (χ3n) is 5.36. The molecule has 0 aliphatic carbocycles. The fourth-order valence-electron chi connectivity index (χ4n) is 3.49. The minimum absolute atomic E-state index is 0.0167. The van der Waals surface area contributed by atoms with E-state index in [2.05, 4.69) is 20.9 Å². The topological polar surface area (TPSA) is 73.5 Å². The molecule has 0 radical (unpaired) electrons. The Kier molecular flexibility index (Phi) is 7.44. The van der Waals surface area contributed by atoms with Crippen molar-refractivity contribution in [3.8, 4) is 0 Å². The van der Waals surface area contributed by atoms with E-state index < -0.39 is 17.7 Å². The number of nitrogens with one attached hydrogen (secondary N) is 3. The molecule has 0 aromatic heterocycles. The molecule has 31 heavy (non-hydrogen) atoms. The molecule has 3 amide bonds. The van der Waals surface area contributed by atoms with Gasteiger partial charge in [0.15, 0.2) is 0 Å². The SMILES string of the molecule is CCC(C)NC(=O)c1cc(NC(=O)Nc2ccc(F)cc2F)ccc1N1CCCCC1. The molecule has 1 saturated heterocycles. The second-order valence-corrected chi connectivity index (χ2v) is 7.77. The number of carbonyl (C=O) groups excluding carboxylic acids is 2. The van der Waals surface area contributed by atoms with Crippen molar-refractivity contribution < 1.29 is 18.4 Å². The normalized spacial score (nSPS) is 14.6. The number of halogens is 2. The quantitative estimate of drug-likeness (QED) is 0.595. The first-order chi connectivity index (χ1) is 14.9. The Balaban J connectivity index is 1.80. The lowest BCUT2D eigenvalue weighted by atomic mass is 10.1. The van der Waals surface area contributed by atoms with Gasteiger partial charge in [-0.3, -0.25) is 4.79 Å². The molecule has 166 valence electrons. The molecule has 0 bridgehead atoms. The van der Waals surface area contributed by atoms with Gasteiger partial charge in [-0.1, -0.05) is 6.92 Å². The molecule has 2 aromatic rings. The van der Waals surface area contributed by atoms with Gasteiger partial charge in [0.05, 0.1) is 11.3 Å². The van der Waals surface area contributed by atoms with Gasteiger partial charge in [-0.05, 0) is 62.9 Å². The summed E-state index contributed by atoms with van der Waals surface area (Å²) in [6.45, 7) is 5.68. The lowest BCUT2D eigenvalue weighted by Crippen LogP contribution is -2.35. The first kappa shape index (κ1) is 22.5. The van der Waals surface area contributed by atoms with Gasteiger partial charge in [0.1, 0.15) is 11.6 Å². The zero-order valence-corrected chi connectivity index (χ0v) is 17.8. The van der Waals surface area contributed by atoms with Crippen molar-refractivity contribution >= 4 is 29.0 Å². The summed E-state index contributed by atoms with van der Waals surface area (Å²) in [6, 6.07) is 7.39. The minimum atomic E-state index is -0.871. The van der Waals surface area contributed by atoms with E-state index in [1.54, 1.807) is 12.1 Å². The van der Waals surface area contributed by atoms with Crippen LogP contribution in [0.15, 0.2) is 36.4 Å². The molecular formula is C23H28F2N4O2. The van der Waals surface area contributed by atoms with E-state index in [0.717, 1.165) is 50.2 Å². The Bertz CT molecular complexity index is 945. The first-order valence-corrected chi connectivity index (χ1v) is 10.6. The molecule has 1 unspecified atom stereocenters. The Labute approximate surface area is 181 Å². The molecule has 1 aliphatic rings. The van der Waals surface area contributed by atoms with Crippen molar-refractivity contribution in [3.05, 3.63) is 53.6 Å². The summed E-state index contributed by atoms with van der Waals surface area (Å²) in [5, 5.41) is 7.95. The first-order valence-electron chi connectivity index (χ1n) is 10.6. The van der Waals surface area contributed by atoms with Crippen molar-refractivity contribution in [1.29, 1.82) is 0 Å². The van der Waals surface area contributed by atoms with E-state index in [4.69, 9.17) is 0 Å². The molecule has 6 nitrogen and oxygen atoms in total. The van der Waals surface area contributed by atoms with Gasteiger partial charge in [0.2, 0.25) is 0 Å². The van der Waals surface area contributed by atoms with Gasteiger partial charge in [-0.2, -0.15) is 0 Å². The monoisotopic (exact) mass is 430 g/mol. The molecule has 2 aromatic carbocycles. The van der Waals surface area contributed by atoms with Crippen molar-refractivity contribution in [3.63, 3.8) is 0 Å². The molecule has 3 rings (SSSR count). The number of urea groups is 1. The Morgan fingerprint density at radius 1 is 1.03 bits per heavy atom. The van der Waals surface area contributed by atoms with Crippen LogP contribution in [0.2, 0.25) is 0 Å². The summed E-state index contributed by atoms with van der Waals surface area (Å²) in [5.74, 6) is -1.80. The second-order valence-electron chi connectivity index (χ2n) is 7.77. The van der Waals surface area contributed by atoms with Gasteiger partial charge in [-0.15, -0.1) is 0 Å². The van der Waals surface area contributed by atoms with Crippen LogP contribution in [-0.4, -0.2) is 31.1 Å². The second kappa shape index (κ2) is 10.2. The summed E-state index contributed by atoms with van der Waals surface area (Å²) in [7, 11) is 0. The van der Waals surface area contributed by atoms with Crippen molar-refractivity contribution in [1.82, 2.24) is 5.32 Å². The number of carbonyl (C=O) groups is 2. The molecule has 8 heteroatoms. The average molecular weight is 430 g/mol. The third kappa shape index (κ3) is 5.93. The Morgan fingerprint density at radius 2 is 1.77 bits per heavy atom. The maximum Gasteiger partial charge on any atom is 0.323 e. The highest BCUT2D eigenvalue weighted by Gasteiger charge is 2.20. The smallest absolute Gasteiger partial charge is 0.323 e. The van der Waals surface area contributed by atoms with Crippen LogP contribution in [0.4, 0.5) is 30.6 Å². The number of amides is 3. The number of nitrogens with zero attached hydrogens (tertiary/aromatic N) is 1. The summed E-state index contributed by atoms with van der Waals surface area (Å²) in [6.07, 6.45) is 4.11. The van der Waals surface area contributed by atoms with Crippen molar-refractivity contribution in [2.45, 2.75) is 45.6 Å². The van der Waals surface area contributed by atoms with E-state index in [-0.39, 0.29) is 17.6 Å². The van der Waals surface area contributed by atoms with Gasteiger partial charge < -0.3 is 20.9 Å². The Hall–Kier alpha value is -3.16. The predicted octanol–water partition coefficient (Wildman–Crippen LogP) is 5.13. The zero-order valence-electron chi connectivity index (χ0n) is 17.8.